The summed E-state index contributed by atoms with van der Waals surface area (Å²) in [7, 11) is 1.47. The van der Waals surface area contributed by atoms with Gasteiger partial charge in [0.15, 0.2) is 0 Å². The molecule has 0 bridgehead atoms. The molecule has 0 aromatic carbocycles. The average molecular weight is 1140 g/mol. The molecule has 0 saturated carbocycles. The molecule has 0 heterocycles. The van der Waals surface area contributed by atoms with Crippen LogP contribution in [0.2, 0.25) is 0 Å². The molecular weight excluding hydrogens is 1010 g/mol. The zero-order chi connectivity index (χ0) is 58.6. The van der Waals surface area contributed by atoms with E-state index in [1.807, 2.05) is 33.3 Å². The summed E-state index contributed by atoms with van der Waals surface area (Å²) in [5.74, 6) is -0.533. The quantitative estimate of drug-likeness (QED) is 0.0205. The van der Waals surface area contributed by atoms with E-state index in [0.29, 0.717) is 17.4 Å². The highest BCUT2D eigenvalue weighted by Crippen LogP contribution is 2.43. The van der Waals surface area contributed by atoms with Crippen LogP contribution in [0.15, 0.2) is 97.2 Å². The van der Waals surface area contributed by atoms with Crippen LogP contribution >= 0.6 is 7.82 Å². The predicted molar refractivity (Wildman–Crippen MR) is 346 cm³/mol. The molecule has 9 nitrogen and oxygen atoms in total. The maximum absolute atomic E-state index is 13.6. The first kappa shape index (κ1) is 76.9. The smallest absolute Gasteiger partial charge is 0.456 e. The number of allylic oxidation sites excluding steroid dienone is 15. The van der Waals surface area contributed by atoms with Gasteiger partial charge < -0.3 is 19.4 Å². The highest BCUT2D eigenvalue weighted by atomic mass is 31.2. The van der Waals surface area contributed by atoms with Crippen LogP contribution in [-0.4, -0.2) is 74.3 Å². The molecule has 0 saturated heterocycles. The van der Waals surface area contributed by atoms with Crippen molar-refractivity contribution in [2.24, 2.45) is 0 Å². The minimum Gasteiger partial charge on any atom is -0.456 e. The third-order valence-corrected chi connectivity index (χ3v) is 15.2. The van der Waals surface area contributed by atoms with Crippen molar-refractivity contribution in [3.05, 3.63) is 97.2 Å². The molecule has 10 heteroatoms. The minimum absolute atomic E-state index is 0.0312. The van der Waals surface area contributed by atoms with Gasteiger partial charge in [-0.15, -0.1) is 0 Å². The van der Waals surface area contributed by atoms with E-state index >= 15 is 0 Å². The molecule has 0 radical (unpaired) electrons. The van der Waals surface area contributed by atoms with Gasteiger partial charge in [-0.3, -0.25) is 18.6 Å². The molecule has 2 N–H and O–H groups in total. The number of nitrogens with zero attached hydrogens (tertiary/aromatic N) is 1. The Balaban J connectivity index is 5.23. The largest absolute Gasteiger partial charge is 0.472 e. The number of rotatable bonds is 59. The van der Waals surface area contributed by atoms with Gasteiger partial charge in [-0.05, 0) is 115 Å². The van der Waals surface area contributed by atoms with Gasteiger partial charge in [0.1, 0.15) is 19.3 Å². The summed E-state index contributed by atoms with van der Waals surface area (Å²) in [5.41, 5.74) is 0. The number of ether oxygens (including phenoxy) is 1. The molecular formula is C70H126N2O7P+. The van der Waals surface area contributed by atoms with E-state index in [1.54, 1.807) is 0 Å². The second kappa shape index (κ2) is 59.1. The number of phosphoric acid groups is 1. The van der Waals surface area contributed by atoms with Crippen molar-refractivity contribution in [2.45, 2.75) is 296 Å². The molecule has 0 rings (SSSR count). The molecule has 0 aromatic heterocycles. The Hall–Kier alpha value is -3.07. The number of unbranched alkanes of at least 4 members (excludes halogenated alkanes) is 29. The highest BCUT2D eigenvalue weighted by molar-refractivity contribution is 7.47. The normalized spacial score (nSPS) is 14.2. The van der Waals surface area contributed by atoms with E-state index in [0.717, 1.165) is 122 Å². The molecule has 0 aliphatic carbocycles. The third kappa shape index (κ3) is 59.5. The van der Waals surface area contributed by atoms with Crippen molar-refractivity contribution in [3.63, 3.8) is 0 Å². The molecule has 0 fully saturated rings. The average Bonchev–Trinajstić information content (AvgIpc) is 3.43. The number of phosphoric ester groups is 1. The summed E-state index contributed by atoms with van der Waals surface area (Å²) < 4.78 is 30.7. The fourth-order valence-corrected chi connectivity index (χ4v) is 9.84. The van der Waals surface area contributed by atoms with E-state index in [1.165, 1.54) is 128 Å². The third-order valence-electron chi connectivity index (χ3n) is 14.2. The number of esters is 1. The topological polar surface area (TPSA) is 111 Å². The van der Waals surface area contributed by atoms with Gasteiger partial charge in [0, 0.05) is 12.8 Å². The molecule has 462 valence electrons. The maximum Gasteiger partial charge on any atom is 0.472 e. The predicted octanol–water partition coefficient (Wildman–Crippen LogP) is 20.7. The van der Waals surface area contributed by atoms with E-state index in [2.05, 4.69) is 111 Å². The van der Waals surface area contributed by atoms with Crippen LogP contribution < -0.4 is 5.32 Å². The van der Waals surface area contributed by atoms with E-state index in [4.69, 9.17) is 13.8 Å². The number of likely N-dealkylation sites (N-methyl/N-ethyl adjacent to an activating group) is 1. The Labute approximate surface area is 494 Å². The fourth-order valence-electron chi connectivity index (χ4n) is 9.11. The number of nitrogens with one attached hydrogen (secondary N) is 1. The standard InChI is InChI=1S/C70H125N2O7P/c1-7-10-13-16-19-22-25-28-30-32-34-35-36-37-39-41-43-45-48-51-54-57-60-63-70(74)79-68(61-58-55-52-49-46-27-24-21-18-15-12-9-3)67(66-78-80(75,76)77-65-64-72(4,5)6)71-69(73)62-59-56-53-50-47-44-42-40-38-33-31-29-26-23-20-17-14-11-8-2/h19-20,22-23,28-31,34-35,37-40,58,61,67-68H,7-18,21,24-27,32-33,36,41-57,59-60,62-66H2,1-6H3,(H-,71,73,75,76)/p+1/b22-19-,23-20-,30-28-,31-29-,35-34-,39-37-,40-38-,61-58+. The summed E-state index contributed by atoms with van der Waals surface area (Å²) in [5, 5.41) is 3.05. The molecule has 0 aromatic rings. The SMILES string of the molecule is CCCCC/C=C\C/C=C\C/C=C\C/C=C\CCCCCCCCCC(=O)OC(/C=C/CCCCCCCCCCCC)C(COP(=O)(O)OCC[N+](C)(C)C)NC(=O)CCCCCCCC/C=C\C/C=C\C/C=C\CCCCC. The van der Waals surface area contributed by atoms with Gasteiger partial charge in [0.05, 0.1) is 33.8 Å². The fraction of sp³-hybridized carbons (Fsp3) is 0.743. The van der Waals surface area contributed by atoms with E-state index < -0.39 is 20.0 Å². The lowest BCUT2D eigenvalue weighted by atomic mass is 10.0. The number of quaternary nitrogens is 1. The lowest BCUT2D eigenvalue weighted by molar-refractivity contribution is -0.870. The van der Waals surface area contributed by atoms with Crippen molar-refractivity contribution in [1.82, 2.24) is 5.32 Å². The number of hydrogen-bond donors (Lipinski definition) is 2. The van der Waals surface area contributed by atoms with Crippen LogP contribution in [-0.2, 0) is 27.9 Å². The summed E-state index contributed by atoms with van der Waals surface area (Å²) in [4.78, 5) is 37.8. The van der Waals surface area contributed by atoms with Crippen molar-refractivity contribution in [2.75, 3.05) is 40.9 Å². The first-order valence-electron chi connectivity index (χ1n) is 33.1. The van der Waals surface area contributed by atoms with Crippen LogP contribution in [0.4, 0.5) is 0 Å². The second-order valence-electron chi connectivity index (χ2n) is 23.3. The Bertz CT molecular complexity index is 1690. The number of carbonyl (C=O) groups is 2. The van der Waals surface area contributed by atoms with Crippen molar-refractivity contribution < 1.29 is 37.3 Å². The lowest BCUT2D eigenvalue weighted by Gasteiger charge is -2.27. The molecule has 0 aliphatic heterocycles. The lowest BCUT2D eigenvalue weighted by Crippen LogP contribution is -2.47. The Morgan fingerprint density at radius 3 is 1.16 bits per heavy atom. The summed E-state index contributed by atoms with van der Waals surface area (Å²) in [6.07, 6.45) is 79.7. The summed E-state index contributed by atoms with van der Waals surface area (Å²) in [6, 6.07) is -0.866. The molecule has 80 heavy (non-hydrogen) atoms. The Kier molecular flexibility index (Phi) is 56.8. The summed E-state index contributed by atoms with van der Waals surface area (Å²) >= 11 is 0. The molecule has 3 unspecified atom stereocenters. The first-order chi connectivity index (χ1) is 38.9. The van der Waals surface area contributed by atoms with Crippen LogP contribution in [0, 0.1) is 0 Å². The molecule has 0 spiro atoms. The van der Waals surface area contributed by atoms with Gasteiger partial charge >= 0.3 is 13.8 Å². The van der Waals surface area contributed by atoms with Gasteiger partial charge in [0.2, 0.25) is 5.91 Å². The van der Waals surface area contributed by atoms with Crippen molar-refractivity contribution in [1.29, 1.82) is 0 Å². The van der Waals surface area contributed by atoms with Gasteiger partial charge in [-0.1, -0.05) is 253 Å². The van der Waals surface area contributed by atoms with Crippen LogP contribution in [0.3, 0.4) is 0 Å². The zero-order valence-corrected chi connectivity index (χ0v) is 53.7. The number of carbonyl (C=O) groups excluding carboxylic acids is 2. The van der Waals surface area contributed by atoms with Crippen molar-refractivity contribution >= 4 is 19.7 Å². The van der Waals surface area contributed by atoms with Crippen LogP contribution in [0.1, 0.15) is 284 Å². The highest BCUT2D eigenvalue weighted by Gasteiger charge is 2.30. The van der Waals surface area contributed by atoms with Gasteiger partial charge in [0.25, 0.3) is 0 Å². The van der Waals surface area contributed by atoms with Gasteiger partial charge in [-0.25, -0.2) is 4.57 Å². The van der Waals surface area contributed by atoms with Crippen LogP contribution in [0.25, 0.3) is 0 Å². The monoisotopic (exact) mass is 1140 g/mol. The van der Waals surface area contributed by atoms with E-state index in [-0.39, 0.29) is 31.5 Å². The van der Waals surface area contributed by atoms with Crippen molar-refractivity contribution in [3.8, 4) is 0 Å². The molecule has 3 atom stereocenters. The molecule has 0 aliphatic rings. The Morgan fingerprint density at radius 1 is 0.438 bits per heavy atom. The van der Waals surface area contributed by atoms with Gasteiger partial charge in [-0.2, -0.15) is 0 Å². The number of hydrogen-bond acceptors (Lipinski definition) is 6. The Morgan fingerprint density at radius 2 is 0.762 bits per heavy atom. The van der Waals surface area contributed by atoms with Crippen LogP contribution in [0.5, 0.6) is 0 Å². The van der Waals surface area contributed by atoms with E-state index in [9.17, 15) is 19.0 Å². The number of amides is 1. The molecule has 1 amide bonds. The second-order valence-corrected chi connectivity index (χ2v) is 24.7. The minimum atomic E-state index is -4.46. The zero-order valence-electron chi connectivity index (χ0n) is 52.8. The first-order valence-corrected chi connectivity index (χ1v) is 34.6. The summed E-state index contributed by atoms with van der Waals surface area (Å²) in [6.45, 7) is 6.94. The maximum atomic E-state index is 13.6.